The molecule has 0 unspecified atom stereocenters. The van der Waals surface area contributed by atoms with E-state index < -0.39 is 0 Å². The summed E-state index contributed by atoms with van der Waals surface area (Å²) in [7, 11) is 0. The van der Waals surface area contributed by atoms with Crippen LogP contribution < -0.4 is 0 Å². The molecule has 0 spiro atoms. The molecule has 0 saturated heterocycles. The Morgan fingerprint density at radius 3 is 2.28 bits per heavy atom. The molecule has 0 N–H and O–H groups in total. The van der Waals surface area contributed by atoms with Crippen molar-refractivity contribution in [3.8, 4) is 0 Å². The Labute approximate surface area is 114 Å². The normalized spacial score (nSPS) is 10.3. The fourth-order valence-electron chi connectivity index (χ4n) is 2.41. The molecule has 0 bridgehead atoms. The number of hydrogen-bond donors (Lipinski definition) is 0. The van der Waals surface area contributed by atoms with E-state index in [-0.39, 0.29) is 13.5 Å². The summed E-state index contributed by atoms with van der Waals surface area (Å²) in [5, 5.41) is 5.20. The third-order valence-electron chi connectivity index (χ3n) is 3.25. The van der Waals surface area contributed by atoms with Crippen LogP contribution in [0.15, 0.2) is 61.2 Å². The molecule has 1 heteroatoms. The van der Waals surface area contributed by atoms with Gasteiger partial charge < -0.3 is 0 Å². The Balaban J connectivity index is 0.00000120. The lowest BCUT2D eigenvalue weighted by molar-refractivity contribution is 1.64. The third-order valence-corrected chi connectivity index (χ3v) is 3.25. The minimum Gasteiger partial charge on any atom is -0.197 e. The quantitative estimate of drug-likeness (QED) is 0.526. The van der Waals surface area contributed by atoms with Crippen molar-refractivity contribution in [1.29, 1.82) is 0 Å². The van der Waals surface area contributed by atoms with Crippen LogP contribution in [0.1, 0.15) is 12.5 Å². The predicted octanol–water partition coefficient (Wildman–Crippen LogP) is 5.14. The van der Waals surface area contributed by atoms with Crippen LogP contribution in [-0.4, -0.2) is 0 Å². The van der Waals surface area contributed by atoms with Gasteiger partial charge in [0.05, 0.1) is 0 Å². The van der Waals surface area contributed by atoms with Crippen LogP contribution in [0.3, 0.4) is 0 Å². The maximum absolute atomic E-state index is 4.06. The van der Waals surface area contributed by atoms with Gasteiger partial charge in [0.2, 0.25) is 0 Å². The molecule has 18 heavy (non-hydrogen) atoms. The van der Waals surface area contributed by atoms with E-state index in [1.165, 1.54) is 27.1 Å². The molecule has 0 heterocycles. The van der Waals surface area contributed by atoms with Gasteiger partial charge in [0.1, 0.15) is 0 Å². The van der Waals surface area contributed by atoms with Crippen LogP contribution in [0.25, 0.3) is 27.1 Å². The van der Waals surface area contributed by atoms with E-state index in [4.69, 9.17) is 0 Å². The second-order valence-corrected chi connectivity index (χ2v) is 4.47. The molecule has 0 aliphatic heterocycles. The van der Waals surface area contributed by atoms with E-state index in [1.807, 2.05) is 0 Å². The highest BCUT2D eigenvalue weighted by Crippen LogP contribution is 2.29. The molecule has 3 rings (SSSR count). The Bertz CT molecular complexity index is 726. The molecule has 0 aliphatic rings. The van der Waals surface area contributed by atoms with E-state index in [2.05, 4.69) is 68.1 Å². The zero-order valence-corrected chi connectivity index (χ0v) is 11.4. The predicted molar refractivity (Wildman–Crippen MR) is 86.5 cm³/mol. The van der Waals surface area contributed by atoms with Crippen molar-refractivity contribution in [2.45, 2.75) is 6.92 Å². The van der Waals surface area contributed by atoms with Gasteiger partial charge in [0.15, 0.2) is 0 Å². The standard InChI is InChI=1S/C17H14.H2S/c1-12(2)14-8-5-9-16-15-7-4-3-6-13(15)10-11-17(14)16;/h3-11H,1H2,2H3;1H2. The summed E-state index contributed by atoms with van der Waals surface area (Å²) >= 11 is 0. The van der Waals surface area contributed by atoms with Gasteiger partial charge in [-0.05, 0) is 34.0 Å². The fourth-order valence-corrected chi connectivity index (χ4v) is 2.41. The molecule has 0 amide bonds. The minimum absolute atomic E-state index is 0. The van der Waals surface area contributed by atoms with Gasteiger partial charge in [0, 0.05) is 0 Å². The summed E-state index contributed by atoms with van der Waals surface area (Å²) in [6.45, 7) is 6.12. The molecular weight excluding hydrogens is 236 g/mol. The summed E-state index contributed by atoms with van der Waals surface area (Å²) in [5.41, 5.74) is 2.36. The Morgan fingerprint density at radius 2 is 1.50 bits per heavy atom. The van der Waals surface area contributed by atoms with Gasteiger partial charge in [-0.3, -0.25) is 0 Å². The average Bonchev–Trinajstić information content (AvgIpc) is 2.37. The van der Waals surface area contributed by atoms with Crippen LogP contribution >= 0.6 is 13.5 Å². The van der Waals surface area contributed by atoms with E-state index in [0.29, 0.717) is 0 Å². The van der Waals surface area contributed by atoms with E-state index in [9.17, 15) is 0 Å². The summed E-state index contributed by atoms with van der Waals surface area (Å²) < 4.78 is 0. The molecular formula is C17H16S. The number of allylic oxidation sites excluding steroid dienone is 1. The molecule has 0 atom stereocenters. The molecule has 0 fully saturated rings. The Hall–Kier alpha value is -1.73. The number of rotatable bonds is 1. The Morgan fingerprint density at radius 1 is 0.778 bits per heavy atom. The van der Waals surface area contributed by atoms with Crippen molar-refractivity contribution in [1.82, 2.24) is 0 Å². The van der Waals surface area contributed by atoms with Crippen LogP contribution in [0, 0.1) is 0 Å². The summed E-state index contributed by atoms with van der Waals surface area (Å²) in [6, 6.07) is 19.3. The van der Waals surface area contributed by atoms with Crippen LogP contribution in [-0.2, 0) is 0 Å². The molecule has 0 nitrogen and oxygen atoms in total. The summed E-state index contributed by atoms with van der Waals surface area (Å²) in [5.74, 6) is 0. The molecule has 0 aliphatic carbocycles. The number of hydrogen-bond acceptors (Lipinski definition) is 0. The van der Waals surface area contributed by atoms with Crippen LogP contribution in [0.5, 0.6) is 0 Å². The van der Waals surface area contributed by atoms with Crippen molar-refractivity contribution in [2.24, 2.45) is 0 Å². The topological polar surface area (TPSA) is 0 Å². The van der Waals surface area contributed by atoms with Gasteiger partial charge in [-0.25, -0.2) is 0 Å². The average molecular weight is 252 g/mol. The van der Waals surface area contributed by atoms with Crippen molar-refractivity contribution < 1.29 is 0 Å². The monoisotopic (exact) mass is 252 g/mol. The zero-order chi connectivity index (χ0) is 11.8. The highest BCUT2D eigenvalue weighted by Gasteiger charge is 2.04. The van der Waals surface area contributed by atoms with Crippen LogP contribution in [0.4, 0.5) is 0 Å². The maximum Gasteiger partial charge on any atom is -0.00993 e. The van der Waals surface area contributed by atoms with E-state index >= 15 is 0 Å². The van der Waals surface area contributed by atoms with Gasteiger partial charge in [-0.1, -0.05) is 66.7 Å². The molecule has 0 radical (unpaired) electrons. The van der Waals surface area contributed by atoms with Gasteiger partial charge in [-0.15, -0.1) is 0 Å². The second-order valence-electron chi connectivity index (χ2n) is 4.47. The molecule has 0 aromatic heterocycles. The van der Waals surface area contributed by atoms with Crippen molar-refractivity contribution in [3.05, 3.63) is 66.7 Å². The lowest BCUT2D eigenvalue weighted by atomic mass is 9.96. The number of fused-ring (bicyclic) bond motifs is 3. The van der Waals surface area contributed by atoms with Gasteiger partial charge >= 0.3 is 0 Å². The second kappa shape index (κ2) is 4.87. The van der Waals surface area contributed by atoms with Crippen molar-refractivity contribution >= 4 is 40.6 Å². The van der Waals surface area contributed by atoms with Gasteiger partial charge in [-0.2, -0.15) is 13.5 Å². The summed E-state index contributed by atoms with van der Waals surface area (Å²) in [4.78, 5) is 0. The minimum atomic E-state index is 0. The SMILES string of the molecule is C=C(C)c1cccc2c1ccc1ccccc12.S. The smallest absolute Gasteiger partial charge is 0.00993 e. The van der Waals surface area contributed by atoms with E-state index in [0.717, 1.165) is 5.57 Å². The fraction of sp³-hybridized carbons (Fsp3) is 0.0588. The highest BCUT2D eigenvalue weighted by atomic mass is 32.1. The molecule has 90 valence electrons. The first-order valence-electron chi connectivity index (χ1n) is 5.84. The van der Waals surface area contributed by atoms with Crippen LogP contribution in [0.2, 0.25) is 0 Å². The lowest BCUT2D eigenvalue weighted by Crippen LogP contribution is -1.83. The highest BCUT2D eigenvalue weighted by molar-refractivity contribution is 7.59. The molecule has 3 aromatic rings. The molecule has 3 aromatic carbocycles. The first-order chi connectivity index (χ1) is 8.27. The Kier molecular flexibility index (Phi) is 3.44. The van der Waals surface area contributed by atoms with Crippen molar-refractivity contribution in [2.75, 3.05) is 0 Å². The first kappa shape index (κ1) is 12.7. The lowest BCUT2D eigenvalue weighted by Gasteiger charge is -2.08. The number of benzene rings is 3. The third kappa shape index (κ3) is 1.91. The maximum atomic E-state index is 4.06. The largest absolute Gasteiger partial charge is 0.197 e. The van der Waals surface area contributed by atoms with Crippen molar-refractivity contribution in [3.63, 3.8) is 0 Å². The molecule has 0 saturated carbocycles. The van der Waals surface area contributed by atoms with E-state index in [1.54, 1.807) is 0 Å². The summed E-state index contributed by atoms with van der Waals surface area (Å²) in [6.07, 6.45) is 0. The zero-order valence-electron chi connectivity index (χ0n) is 10.4. The first-order valence-corrected chi connectivity index (χ1v) is 5.84. The van der Waals surface area contributed by atoms with Gasteiger partial charge in [0.25, 0.3) is 0 Å².